The normalized spacial score (nSPS) is 17.1. The molecule has 6 heteroatoms. The van der Waals surface area contributed by atoms with Crippen molar-refractivity contribution in [1.82, 2.24) is 9.62 Å². The third-order valence-corrected chi connectivity index (χ3v) is 7.67. The standard InChI is InChI=1S/C23H30N2O3S/c1-17-11-13-25(14-12-17)29(27,28)21-10-9-18(2)22(15-21)23(26)24-16-19(3)20-7-5-4-6-8-20/h4-10,15,17,19H,11-14,16H2,1-3H3,(H,24,26). The van der Waals surface area contributed by atoms with Crippen LogP contribution in [0.25, 0.3) is 0 Å². The highest BCUT2D eigenvalue weighted by Crippen LogP contribution is 2.25. The second kappa shape index (κ2) is 9.09. The number of sulfonamides is 1. The lowest BCUT2D eigenvalue weighted by atomic mass is 10.0. The number of aryl methyl sites for hydroxylation is 1. The summed E-state index contributed by atoms with van der Waals surface area (Å²) in [7, 11) is -3.58. The summed E-state index contributed by atoms with van der Waals surface area (Å²) >= 11 is 0. The maximum Gasteiger partial charge on any atom is 0.251 e. The number of hydrogen-bond acceptors (Lipinski definition) is 3. The van der Waals surface area contributed by atoms with Crippen LogP contribution in [-0.4, -0.2) is 38.3 Å². The number of carbonyl (C=O) groups excluding carboxylic acids is 1. The highest BCUT2D eigenvalue weighted by molar-refractivity contribution is 7.89. The van der Waals surface area contributed by atoms with Gasteiger partial charge in [0, 0.05) is 25.2 Å². The molecule has 0 bridgehead atoms. The van der Waals surface area contributed by atoms with Crippen molar-refractivity contribution in [2.45, 2.75) is 44.4 Å². The van der Waals surface area contributed by atoms with Crippen LogP contribution in [-0.2, 0) is 10.0 Å². The Bertz CT molecular complexity index is 949. The molecule has 1 fully saturated rings. The minimum absolute atomic E-state index is 0.169. The summed E-state index contributed by atoms with van der Waals surface area (Å²) in [6.45, 7) is 7.59. The number of nitrogens with one attached hydrogen (secondary N) is 1. The van der Waals surface area contributed by atoms with Gasteiger partial charge in [-0.05, 0) is 54.9 Å². The number of hydrogen-bond donors (Lipinski definition) is 1. The molecule has 0 aromatic heterocycles. The van der Waals surface area contributed by atoms with Gasteiger partial charge < -0.3 is 5.32 Å². The zero-order chi connectivity index (χ0) is 21.0. The molecule has 1 saturated heterocycles. The summed E-state index contributed by atoms with van der Waals surface area (Å²) in [5.74, 6) is 0.477. The Morgan fingerprint density at radius 3 is 2.45 bits per heavy atom. The van der Waals surface area contributed by atoms with Crippen LogP contribution in [0.5, 0.6) is 0 Å². The van der Waals surface area contributed by atoms with Crippen molar-refractivity contribution in [3.8, 4) is 0 Å². The SMILES string of the molecule is Cc1ccc(S(=O)(=O)N2CCC(C)CC2)cc1C(=O)NCC(C)c1ccccc1. The number of rotatable bonds is 6. The third-order valence-electron chi connectivity index (χ3n) is 5.77. The number of nitrogens with zero attached hydrogens (tertiary/aromatic N) is 1. The molecule has 1 aliphatic rings. The first-order valence-electron chi connectivity index (χ1n) is 10.2. The summed E-state index contributed by atoms with van der Waals surface area (Å²) in [5, 5.41) is 2.95. The Kier molecular flexibility index (Phi) is 6.75. The molecule has 0 spiro atoms. The van der Waals surface area contributed by atoms with Crippen molar-refractivity contribution in [2.75, 3.05) is 19.6 Å². The highest BCUT2D eigenvalue weighted by atomic mass is 32.2. The van der Waals surface area contributed by atoms with Gasteiger partial charge in [0.2, 0.25) is 10.0 Å². The summed E-state index contributed by atoms with van der Waals surface area (Å²) in [6, 6.07) is 14.8. The van der Waals surface area contributed by atoms with Crippen molar-refractivity contribution >= 4 is 15.9 Å². The molecular formula is C23H30N2O3S. The van der Waals surface area contributed by atoms with Crippen molar-refractivity contribution in [3.63, 3.8) is 0 Å². The Hall–Kier alpha value is -2.18. The molecule has 2 aromatic carbocycles. The minimum Gasteiger partial charge on any atom is -0.351 e. The van der Waals surface area contributed by atoms with Crippen LogP contribution in [0.15, 0.2) is 53.4 Å². The second-order valence-electron chi connectivity index (χ2n) is 8.09. The smallest absolute Gasteiger partial charge is 0.251 e. The van der Waals surface area contributed by atoms with Crippen molar-refractivity contribution in [2.24, 2.45) is 5.92 Å². The summed E-state index contributed by atoms with van der Waals surface area (Å²) < 4.78 is 27.6. The summed E-state index contributed by atoms with van der Waals surface area (Å²) in [6.07, 6.45) is 1.74. The predicted octanol–water partition coefficient (Wildman–Crippen LogP) is 3.95. The topological polar surface area (TPSA) is 66.5 Å². The van der Waals surface area contributed by atoms with Gasteiger partial charge in [-0.1, -0.05) is 50.2 Å². The third kappa shape index (κ3) is 5.06. The zero-order valence-corrected chi connectivity index (χ0v) is 18.2. The molecule has 3 rings (SSSR count). The van der Waals surface area contributed by atoms with Crippen LogP contribution >= 0.6 is 0 Å². The van der Waals surface area contributed by atoms with Gasteiger partial charge in [0.25, 0.3) is 5.91 Å². The molecule has 1 atom stereocenters. The molecule has 1 aliphatic heterocycles. The van der Waals surface area contributed by atoms with Gasteiger partial charge in [-0.2, -0.15) is 4.31 Å². The largest absolute Gasteiger partial charge is 0.351 e. The van der Waals surface area contributed by atoms with Crippen LogP contribution in [0.4, 0.5) is 0 Å². The molecule has 1 heterocycles. The maximum absolute atomic E-state index is 13.0. The van der Waals surface area contributed by atoms with E-state index in [2.05, 4.69) is 19.2 Å². The fourth-order valence-corrected chi connectivity index (χ4v) is 5.12. The van der Waals surface area contributed by atoms with E-state index < -0.39 is 10.0 Å². The minimum atomic E-state index is -3.58. The van der Waals surface area contributed by atoms with E-state index in [1.54, 1.807) is 12.1 Å². The number of benzene rings is 2. The average molecular weight is 415 g/mol. The molecule has 156 valence electrons. The Labute approximate surface area is 174 Å². The fourth-order valence-electron chi connectivity index (χ4n) is 3.62. The fraction of sp³-hybridized carbons (Fsp3) is 0.435. The molecule has 0 radical (unpaired) electrons. The van der Waals surface area contributed by atoms with E-state index in [1.165, 1.54) is 10.4 Å². The van der Waals surface area contributed by atoms with E-state index >= 15 is 0 Å². The van der Waals surface area contributed by atoms with Gasteiger partial charge in [0.05, 0.1) is 4.90 Å². The predicted molar refractivity (Wildman–Crippen MR) is 116 cm³/mol. The maximum atomic E-state index is 13.0. The number of piperidine rings is 1. The first-order chi connectivity index (χ1) is 13.8. The van der Waals surface area contributed by atoms with Crippen LogP contribution < -0.4 is 5.32 Å². The molecular weight excluding hydrogens is 384 g/mol. The Morgan fingerprint density at radius 1 is 1.14 bits per heavy atom. The molecule has 1 unspecified atom stereocenters. The van der Waals surface area contributed by atoms with Gasteiger partial charge in [-0.25, -0.2) is 8.42 Å². The molecule has 29 heavy (non-hydrogen) atoms. The second-order valence-corrected chi connectivity index (χ2v) is 10.0. The monoisotopic (exact) mass is 414 g/mol. The van der Waals surface area contributed by atoms with E-state index in [9.17, 15) is 13.2 Å². The van der Waals surface area contributed by atoms with Gasteiger partial charge >= 0.3 is 0 Å². The van der Waals surface area contributed by atoms with Gasteiger partial charge in [0.15, 0.2) is 0 Å². The van der Waals surface area contributed by atoms with Gasteiger partial charge in [-0.15, -0.1) is 0 Å². The van der Waals surface area contributed by atoms with E-state index in [1.807, 2.05) is 37.3 Å². The lowest BCUT2D eigenvalue weighted by molar-refractivity contribution is 0.0951. The van der Waals surface area contributed by atoms with Crippen LogP contribution in [0, 0.1) is 12.8 Å². The lowest BCUT2D eigenvalue weighted by Crippen LogP contribution is -2.38. The lowest BCUT2D eigenvalue weighted by Gasteiger charge is -2.29. The van der Waals surface area contributed by atoms with E-state index in [4.69, 9.17) is 0 Å². The summed E-state index contributed by atoms with van der Waals surface area (Å²) in [5.41, 5.74) is 2.33. The first kappa shape index (κ1) is 21.5. The first-order valence-corrected chi connectivity index (χ1v) is 11.7. The van der Waals surface area contributed by atoms with E-state index in [-0.39, 0.29) is 16.7 Å². The summed E-state index contributed by atoms with van der Waals surface area (Å²) in [4.78, 5) is 13.0. The highest BCUT2D eigenvalue weighted by Gasteiger charge is 2.29. The zero-order valence-electron chi connectivity index (χ0n) is 17.4. The van der Waals surface area contributed by atoms with Crippen molar-refractivity contribution < 1.29 is 13.2 Å². The molecule has 0 aliphatic carbocycles. The Balaban J connectivity index is 1.73. The van der Waals surface area contributed by atoms with Crippen molar-refractivity contribution in [3.05, 3.63) is 65.2 Å². The molecule has 0 saturated carbocycles. The van der Waals surface area contributed by atoms with Crippen LogP contribution in [0.2, 0.25) is 0 Å². The molecule has 2 aromatic rings. The average Bonchev–Trinajstić information content (AvgIpc) is 2.73. The number of amides is 1. The molecule has 5 nitrogen and oxygen atoms in total. The van der Waals surface area contributed by atoms with E-state index in [0.717, 1.165) is 24.0 Å². The molecule has 1 amide bonds. The number of carbonyl (C=O) groups is 1. The van der Waals surface area contributed by atoms with Crippen LogP contribution in [0.1, 0.15) is 54.1 Å². The Morgan fingerprint density at radius 2 is 1.79 bits per heavy atom. The van der Waals surface area contributed by atoms with Gasteiger partial charge in [-0.3, -0.25) is 4.79 Å². The quantitative estimate of drug-likeness (QED) is 0.778. The molecule has 1 N–H and O–H groups in total. The van der Waals surface area contributed by atoms with Crippen molar-refractivity contribution in [1.29, 1.82) is 0 Å². The van der Waals surface area contributed by atoms with E-state index in [0.29, 0.717) is 31.1 Å². The van der Waals surface area contributed by atoms with Gasteiger partial charge in [0.1, 0.15) is 0 Å². The van der Waals surface area contributed by atoms with Crippen LogP contribution in [0.3, 0.4) is 0 Å².